The molecule has 206 valence electrons. The average Bonchev–Trinajstić information content (AvgIpc) is 3.71. The predicted octanol–water partition coefficient (Wildman–Crippen LogP) is 3.85. The van der Waals surface area contributed by atoms with Crippen LogP contribution in [0.15, 0.2) is 34.7 Å². The number of aromatic nitrogens is 1. The molecule has 1 atom stereocenters. The van der Waals surface area contributed by atoms with E-state index in [1.807, 2.05) is 43.3 Å². The van der Waals surface area contributed by atoms with Crippen molar-refractivity contribution in [3.63, 3.8) is 0 Å². The number of hydrogen-bond donors (Lipinski definition) is 2. The Kier molecular flexibility index (Phi) is 8.99. The number of carbonyl (C=O) groups excluding carboxylic acids is 2. The number of nitrogens with zero attached hydrogens (tertiary/aromatic N) is 3. The number of benzene rings is 1. The van der Waals surface area contributed by atoms with Gasteiger partial charge in [0.2, 0.25) is 16.6 Å². The zero-order valence-electron chi connectivity index (χ0n) is 22.2. The molecule has 10 nitrogen and oxygen atoms in total. The van der Waals surface area contributed by atoms with Gasteiger partial charge in [0.05, 0.1) is 42.3 Å². The number of nitrogens with one attached hydrogen (secondary N) is 1. The highest BCUT2D eigenvalue weighted by Crippen LogP contribution is 2.44. The minimum Gasteiger partial charge on any atom is -0.469 e. The van der Waals surface area contributed by atoms with E-state index in [9.17, 15) is 18.0 Å². The van der Waals surface area contributed by atoms with Crippen molar-refractivity contribution in [3.05, 3.63) is 52.7 Å². The van der Waals surface area contributed by atoms with Crippen LogP contribution < -0.4 is 5.32 Å². The van der Waals surface area contributed by atoms with E-state index in [0.29, 0.717) is 35.2 Å². The van der Waals surface area contributed by atoms with Gasteiger partial charge in [0.1, 0.15) is 5.76 Å². The summed E-state index contributed by atoms with van der Waals surface area (Å²) >= 11 is 0. The molecule has 2 heterocycles. The van der Waals surface area contributed by atoms with E-state index in [2.05, 4.69) is 5.32 Å². The summed E-state index contributed by atoms with van der Waals surface area (Å²) in [6.07, 6.45) is 2.63. The van der Waals surface area contributed by atoms with Gasteiger partial charge in [0, 0.05) is 25.6 Å². The first-order valence-electron chi connectivity index (χ1n) is 12.9. The van der Waals surface area contributed by atoms with E-state index in [0.717, 1.165) is 29.5 Å². The van der Waals surface area contributed by atoms with Crippen LogP contribution in [0.25, 0.3) is 22.4 Å². The molecule has 1 N–H and O–H groups in total. The van der Waals surface area contributed by atoms with E-state index in [4.69, 9.17) is 19.4 Å². The molecule has 1 aliphatic carbocycles. The van der Waals surface area contributed by atoms with Gasteiger partial charge in [-0.3, -0.25) is 9.59 Å². The lowest BCUT2D eigenvalue weighted by Gasteiger charge is -2.18. The van der Waals surface area contributed by atoms with Crippen molar-refractivity contribution in [2.24, 2.45) is 5.92 Å². The zero-order chi connectivity index (χ0) is 28.1. The quantitative estimate of drug-likeness (QED) is 0.255. The summed E-state index contributed by atoms with van der Waals surface area (Å²) < 4.78 is 36.5. The Morgan fingerprint density at radius 3 is 2.59 bits per heavy atom. The molecular weight excluding hydrogens is 520 g/mol. The molecule has 1 aliphatic rings. The predicted molar refractivity (Wildman–Crippen MR) is 145 cm³/mol. The second-order valence-corrected chi connectivity index (χ2v) is 10.8. The minimum atomic E-state index is -2.94. The van der Waals surface area contributed by atoms with Crippen molar-refractivity contribution < 1.29 is 27.2 Å². The fourth-order valence-electron chi connectivity index (χ4n) is 4.70. The monoisotopic (exact) mass is 552 g/mol. The Balaban J connectivity index is 1.67. The molecule has 3 aromatic rings. The van der Waals surface area contributed by atoms with Gasteiger partial charge in [-0.05, 0) is 50.2 Å². The average molecular weight is 553 g/mol. The molecule has 0 bridgehead atoms. The van der Waals surface area contributed by atoms with Crippen molar-refractivity contribution in [2.75, 3.05) is 20.7 Å². The SMILES string of the molecule is CNC(=O)c1c(-c2ccc(C)cc2)oc2nc(CN(CCCC(CC#N)C(=O)OC)[SH](=O)=O)c(C3CC3)cc12. The summed E-state index contributed by atoms with van der Waals surface area (Å²) in [5.41, 5.74) is 3.97. The van der Waals surface area contributed by atoms with Crippen LogP contribution in [0.5, 0.6) is 0 Å². The van der Waals surface area contributed by atoms with Gasteiger partial charge in [-0.1, -0.05) is 29.8 Å². The number of thiol groups is 1. The van der Waals surface area contributed by atoms with Gasteiger partial charge in [-0.25, -0.2) is 13.4 Å². The first-order chi connectivity index (χ1) is 18.8. The number of amides is 1. The molecule has 0 spiro atoms. The van der Waals surface area contributed by atoms with Crippen LogP contribution in [0.4, 0.5) is 0 Å². The zero-order valence-corrected chi connectivity index (χ0v) is 23.1. The van der Waals surface area contributed by atoms with Crippen molar-refractivity contribution in [1.82, 2.24) is 14.6 Å². The highest BCUT2D eigenvalue weighted by Gasteiger charge is 2.31. The highest BCUT2D eigenvalue weighted by molar-refractivity contribution is 7.69. The number of rotatable bonds is 12. The maximum Gasteiger partial charge on any atom is 0.309 e. The lowest BCUT2D eigenvalue weighted by atomic mass is 10.00. The third-order valence-electron chi connectivity index (χ3n) is 6.98. The van der Waals surface area contributed by atoms with E-state index >= 15 is 0 Å². The topological polar surface area (TPSA) is 143 Å². The van der Waals surface area contributed by atoms with Crippen LogP contribution in [0, 0.1) is 24.2 Å². The van der Waals surface area contributed by atoms with Gasteiger partial charge in [0.25, 0.3) is 5.91 Å². The molecule has 0 saturated heterocycles. The Hall–Kier alpha value is -3.75. The first kappa shape index (κ1) is 28.3. The Morgan fingerprint density at radius 2 is 2.00 bits per heavy atom. The van der Waals surface area contributed by atoms with Gasteiger partial charge >= 0.3 is 5.97 Å². The summed E-state index contributed by atoms with van der Waals surface area (Å²) in [6.45, 7) is 2.18. The van der Waals surface area contributed by atoms with E-state index in [1.54, 1.807) is 7.05 Å². The van der Waals surface area contributed by atoms with Gasteiger partial charge in [0.15, 0.2) is 0 Å². The molecular formula is C28H32N4O6S. The number of fused-ring (bicyclic) bond motifs is 1. The van der Waals surface area contributed by atoms with Gasteiger partial charge in [-0.2, -0.15) is 9.57 Å². The van der Waals surface area contributed by atoms with Crippen molar-refractivity contribution in [1.29, 1.82) is 5.26 Å². The number of carbonyl (C=O) groups is 2. The molecule has 2 aromatic heterocycles. The highest BCUT2D eigenvalue weighted by atomic mass is 32.2. The fraction of sp³-hybridized carbons (Fsp3) is 0.429. The molecule has 1 amide bonds. The number of aryl methyl sites for hydroxylation is 1. The van der Waals surface area contributed by atoms with Crippen LogP contribution >= 0.6 is 0 Å². The Morgan fingerprint density at radius 1 is 1.28 bits per heavy atom. The van der Waals surface area contributed by atoms with Crippen molar-refractivity contribution >= 4 is 33.9 Å². The molecule has 1 unspecified atom stereocenters. The van der Waals surface area contributed by atoms with E-state index in [1.165, 1.54) is 11.4 Å². The maximum atomic E-state index is 12.9. The first-order valence-corrected chi connectivity index (χ1v) is 14.0. The molecule has 0 radical (unpaired) electrons. The van der Waals surface area contributed by atoms with Crippen LogP contribution in [-0.4, -0.2) is 50.3 Å². The third kappa shape index (κ3) is 6.46. The fourth-order valence-corrected chi connectivity index (χ4v) is 5.25. The number of hydrogen-bond acceptors (Lipinski definition) is 8. The standard InChI is InChI=1S/C28H32N4O6S/c1-17-6-8-19(9-7-17)25-24(26(33)30-2)22-15-21(18-10-11-18)23(31-27(22)38-25)16-32(39(35)36)14-4-5-20(12-13-29)28(34)37-3/h6-9,15,18,20,39H,4-5,10-12,14,16H2,1-3H3,(H,30,33). The summed E-state index contributed by atoms with van der Waals surface area (Å²) in [5.74, 6) is -0.727. The molecule has 1 saturated carbocycles. The van der Waals surface area contributed by atoms with E-state index < -0.39 is 22.8 Å². The second-order valence-electron chi connectivity index (χ2n) is 9.75. The van der Waals surface area contributed by atoms with Crippen LogP contribution in [-0.2, 0) is 27.0 Å². The Bertz CT molecular complexity index is 1480. The molecule has 1 fully saturated rings. The van der Waals surface area contributed by atoms with E-state index in [-0.39, 0.29) is 37.0 Å². The van der Waals surface area contributed by atoms with Crippen LogP contribution in [0.2, 0.25) is 0 Å². The molecule has 1 aromatic carbocycles. The Labute approximate surface area is 229 Å². The van der Waals surface area contributed by atoms with Crippen LogP contribution in [0.1, 0.15) is 65.2 Å². The van der Waals surface area contributed by atoms with Gasteiger partial charge in [-0.15, -0.1) is 0 Å². The normalized spacial score (nSPS) is 13.9. The largest absolute Gasteiger partial charge is 0.469 e. The second kappa shape index (κ2) is 12.4. The van der Waals surface area contributed by atoms with Gasteiger partial charge < -0.3 is 14.5 Å². The number of ether oxygens (including phenoxy) is 1. The third-order valence-corrected chi connectivity index (χ3v) is 7.79. The van der Waals surface area contributed by atoms with Crippen LogP contribution in [0.3, 0.4) is 0 Å². The smallest absolute Gasteiger partial charge is 0.309 e. The molecule has 11 heteroatoms. The summed E-state index contributed by atoms with van der Waals surface area (Å²) in [5, 5.41) is 12.3. The summed E-state index contributed by atoms with van der Waals surface area (Å²) in [7, 11) is -0.105. The molecule has 39 heavy (non-hydrogen) atoms. The molecule has 4 rings (SSSR count). The lowest BCUT2D eigenvalue weighted by Crippen LogP contribution is -2.25. The minimum absolute atomic E-state index is 0.00964. The number of pyridine rings is 1. The summed E-state index contributed by atoms with van der Waals surface area (Å²) in [6, 6.07) is 11.5. The van der Waals surface area contributed by atoms with Crippen molar-refractivity contribution in [2.45, 2.75) is 51.5 Å². The van der Waals surface area contributed by atoms with Crippen molar-refractivity contribution in [3.8, 4) is 17.4 Å². The number of nitriles is 1. The summed E-state index contributed by atoms with van der Waals surface area (Å²) in [4.78, 5) is 29.6. The lowest BCUT2D eigenvalue weighted by molar-refractivity contribution is -0.145. The number of esters is 1. The maximum absolute atomic E-state index is 12.9. The number of methoxy groups -OCH3 is 1. The number of furan rings is 1. The molecule has 0 aliphatic heterocycles.